The van der Waals surface area contributed by atoms with Gasteiger partial charge in [-0.05, 0) is 64.5 Å². The Balaban J connectivity index is 0.00000164. The summed E-state index contributed by atoms with van der Waals surface area (Å²) in [5.74, 6) is 0. The normalized spacial score (nSPS) is 10.7. The summed E-state index contributed by atoms with van der Waals surface area (Å²) in [5, 5.41) is 5.44. The van der Waals surface area contributed by atoms with Crippen molar-refractivity contribution in [1.29, 1.82) is 0 Å². The quantitative estimate of drug-likeness (QED) is 0.341. The molecule has 34 heavy (non-hydrogen) atoms. The summed E-state index contributed by atoms with van der Waals surface area (Å²) < 4.78 is 3.15. The Kier molecular flexibility index (Phi) is 14.9. The van der Waals surface area contributed by atoms with Gasteiger partial charge >= 0.3 is 6.03 Å². The number of nitrogens with zero attached hydrogens (tertiary/aromatic N) is 2. The Hall–Kier alpha value is -3.80. The summed E-state index contributed by atoms with van der Waals surface area (Å²) in [5.41, 5.74) is 2.86. The molecule has 2 aromatic rings. The first kappa shape index (κ1) is 30.2. The van der Waals surface area contributed by atoms with E-state index >= 15 is 0 Å². The van der Waals surface area contributed by atoms with Crippen LogP contribution >= 0.6 is 0 Å². The minimum atomic E-state index is -0.479. The van der Waals surface area contributed by atoms with Crippen LogP contribution in [0.4, 0.5) is 16.2 Å². The highest BCUT2D eigenvalue weighted by Crippen LogP contribution is 2.18. The molecule has 1 heterocycles. The van der Waals surface area contributed by atoms with Crippen molar-refractivity contribution < 1.29 is 4.79 Å². The van der Waals surface area contributed by atoms with Gasteiger partial charge in [0.15, 0.2) is 0 Å². The van der Waals surface area contributed by atoms with Crippen molar-refractivity contribution >= 4 is 29.3 Å². The van der Waals surface area contributed by atoms with E-state index in [0.29, 0.717) is 17.1 Å². The molecule has 0 spiro atoms. The number of anilines is 2. The molecule has 6 heteroatoms. The Morgan fingerprint density at radius 2 is 1.68 bits per heavy atom. The van der Waals surface area contributed by atoms with Crippen LogP contribution in [0.15, 0.2) is 78.7 Å². The van der Waals surface area contributed by atoms with E-state index in [1.54, 1.807) is 42.1 Å². The monoisotopic (exact) mass is 464 g/mol. The molecule has 6 nitrogen and oxygen atoms in total. The number of rotatable bonds is 6. The first-order chi connectivity index (χ1) is 16.2. The Bertz CT molecular complexity index is 1080. The molecule has 1 aromatic carbocycles. The van der Waals surface area contributed by atoms with Crippen LogP contribution in [0.1, 0.15) is 52.3 Å². The van der Waals surface area contributed by atoms with Gasteiger partial charge in [0.1, 0.15) is 5.69 Å². The van der Waals surface area contributed by atoms with E-state index in [1.165, 1.54) is 11.1 Å². The van der Waals surface area contributed by atoms with Crippen LogP contribution in [-0.2, 0) is 0 Å². The highest BCUT2D eigenvalue weighted by Gasteiger charge is 2.19. The third-order valence-corrected chi connectivity index (χ3v) is 4.03. The van der Waals surface area contributed by atoms with Crippen LogP contribution in [0, 0.1) is 13.8 Å². The summed E-state index contributed by atoms with van der Waals surface area (Å²) in [6.45, 7) is 20.8. The van der Waals surface area contributed by atoms with Crippen molar-refractivity contribution in [2.75, 3.05) is 10.6 Å². The maximum atomic E-state index is 12.9. The second kappa shape index (κ2) is 16.8. The van der Waals surface area contributed by atoms with E-state index < -0.39 is 6.03 Å². The van der Waals surface area contributed by atoms with Crippen LogP contribution in [0.2, 0.25) is 0 Å². The minimum absolute atomic E-state index is 0.205. The molecule has 2 N–H and O–H groups in total. The lowest BCUT2D eigenvalue weighted by Crippen LogP contribution is -2.24. The molecule has 0 atom stereocenters. The SMILES string of the molecule is C=C/C(=C\C=C/C)n1c(C)c(NC(=O)Nc2cccc(C)c2)c(=O)n1/C=C/C.C=CC.CCC. The molecule has 0 fully saturated rings. The van der Waals surface area contributed by atoms with Gasteiger partial charge in [0.25, 0.3) is 5.56 Å². The zero-order chi connectivity index (χ0) is 26.1. The van der Waals surface area contributed by atoms with Gasteiger partial charge in [-0.3, -0.25) is 4.79 Å². The van der Waals surface area contributed by atoms with Gasteiger partial charge in [-0.1, -0.05) is 63.3 Å². The van der Waals surface area contributed by atoms with Gasteiger partial charge in [-0.15, -0.1) is 6.58 Å². The highest BCUT2D eigenvalue weighted by molar-refractivity contribution is 6.00. The number of aromatic nitrogens is 2. The summed E-state index contributed by atoms with van der Waals surface area (Å²) in [6.07, 6.45) is 13.6. The van der Waals surface area contributed by atoms with Gasteiger partial charge in [-0.2, -0.15) is 0 Å². The van der Waals surface area contributed by atoms with Crippen LogP contribution in [0.3, 0.4) is 0 Å². The van der Waals surface area contributed by atoms with Crippen molar-refractivity contribution in [3.05, 3.63) is 95.5 Å². The molecule has 0 aliphatic carbocycles. The fourth-order valence-corrected chi connectivity index (χ4v) is 2.78. The lowest BCUT2D eigenvalue weighted by molar-refractivity contribution is 0.262. The van der Waals surface area contributed by atoms with E-state index in [0.717, 1.165) is 5.56 Å². The minimum Gasteiger partial charge on any atom is -0.308 e. The van der Waals surface area contributed by atoms with Gasteiger partial charge in [0.05, 0.1) is 11.4 Å². The van der Waals surface area contributed by atoms with E-state index in [2.05, 4.69) is 37.6 Å². The summed E-state index contributed by atoms with van der Waals surface area (Å²) in [7, 11) is 0. The van der Waals surface area contributed by atoms with Crippen molar-refractivity contribution in [3.63, 3.8) is 0 Å². The van der Waals surface area contributed by atoms with Crippen molar-refractivity contribution in [3.8, 4) is 0 Å². The van der Waals surface area contributed by atoms with Crippen molar-refractivity contribution in [2.24, 2.45) is 0 Å². The van der Waals surface area contributed by atoms with E-state index in [-0.39, 0.29) is 11.2 Å². The van der Waals surface area contributed by atoms with Crippen LogP contribution in [0.5, 0.6) is 0 Å². The fraction of sp³-hybridized carbons (Fsp3) is 0.286. The molecule has 0 radical (unpaired) electrons. The lowest BCUT2D eigenvalue weighted by Gasteiger charge is -2.11. The van der Waals surface area contributed by atoms with Crippen LogP contribution in [-0.4, -0.2) is 15.4 Å². The Labute approximate surface area is 204 Å². The van der Waals surface area contributed by atoms with E-state index in [1.807, 2.05) is 64.1 Å². The van der Waals surface area contributed by atoms with Gasteiger partial charge < -0.3 is 10.6 Å². The molecule has 1 aromatic heterocycles. The lowest BCUT2D eigenvalue weighted by atomic mass is 10.2. The topological polar surface area (TPSA) is 68.1 Å². The number of hydrogen-bond acceptors (Lipinski definition) is 2. The molecule has 2 amide bonds. The second-order valence-electron chi connectivity index (χ2n) is 7.29. The summed E-state index contributed by atoms with van der Waals surface area (Å²) in [4.78, 5) is 25.3. The summed E-state index contributed by atoms with van der Waals surface area (Å²) in [6, 6.07) is 6.96. The predicted molar refractivity (Wildman–Crippen MR) is 149 cm³/mol. The molecule has 0 aliphatic heterocycles. The maximum absolute atomic E-state index is 12.9. The summed E-state index contributed by atoms with van der Waals surface area (Å²) >= 11 is 0. The van der Waals surface area contributed by atoms with E-state index in [9.17, 15) is 9.59 Å². The predicted octanol–water partition coefficient (Wildman–Crippen LogP) is 7.61. The first-order valence-corrected chi connectivity index (χ1v) is 11.4. The number of allylic oxidation sites excluding steroid dienone is 7. The van der Waals surface area contributed by atoms with Gasteiger partial charge in [0, 0.05) is 11.9 Å². The standard InChI is InChI=1S/C22H26N4O2.C3H8.C3H6/c1-6-9-13-19(8-3)26-17(5)20(21(27)25(26)14-7-2)24-22(28)23-18-12-10-11-16(4)15-18;2*1-3-2/h6-15H,3H2,1-2,4-5H3,(H2,23,24,28);3H2,1-2H3;3H,1H2,2H3/b9-6-,14-7+,19-13+;;. The number of hydrogen-bond donors (Lipinski definition) is 2. The molecule has 0 bridgehead atoms. The third-order valence-electron chi connectivity index (χ3n) is 4.03. The maximum Gasteiger partial charge on any atom is 0.323 e. The van der Waals surface area contributed by atoms with Gasteiger partial charge in [-0.25, -0.2) is 14.2 Å². The molecule has 2 rings (SSSR count). The van der Waals surface area contributed by atoms with Crippen LogP contribution < -0.4 is 16.2 Å². The molecule has 0 aliphatic rings. The molecular formula is C28H40N4O2. The molecule has 0 saturated carbocycles. The molecule has 184 valence electrons. The zero-order valence-electron chi connectivity index (χ0n) is 21.7. The van der Waals surface area contributed by atoms with E-state index in [4.69, 9.17) is 0 Å². The number of benzene rings is 1. The Morgan fingerprint density at radius 1 is 1.06 bits per heavy atom. The number of aryl methyl sites for hydroxylation is 1. The van der Waals surface area contributed by atoms with Crippen molar-refractivity contribution in [1.82, 2.24) is 9.36 Å². The zero-order valence-corrected chi connectivity index (χ0v) is 21.7. The van der Waals surface area contributed by atoms with Crippen molar-refractivity contribution in [2.45, 2.75) is 54.9 Å². The number of urea groups is 1. The molecule has 0 unspecified atom stereocenters. The number of nitrogens with one attached hydrogen (secondary N) is 2. The number of carbonyl (C=O) groups excluding carboxylic acids is 1. The third kappa shape index (κ3) is 9.36. The first-order valence-electron chi connectivity index (χ1n) is 11.4. The second-order valence-corrected chi connectivity index (χ2v) is 7.29. The smallest absolute Gasteiger partial charge is 0.308 e. The average molecular weight is 465 g/mol. The highest BCUT2D eigenvalue weighted by atomic mass is 16.2. The fourth-order valence-electron chi connectivity index (χ4n) is 2.78. The Morgan fingerprint density at radius 3 is 2.18 bits per heavy atom. The molecular weight excluding hydrogens is 424 g/mol. The van der Waals surface area contributed by atoms with Crippen LogP contribution in [0.25, 0.3) is 11.9 Å². The van der Waals surface area contributed by atoms with Gasteiger partial charge in [0.2, 0.25) is 0 Å². The number of carbonyl (C=O) groups is 1. The average Bonchev–Trinajstić information content (AvgIpc) is 3.00. The largest absolute Gasteiger partial charge is 0.323 e. The number of amides is 2. The molecule has 0 saturated heterocycles.